The number of hydrogen-bond donors (Lipinski definition) is 2. The van der Waals surface area contributed by atoms with E-state index in [2.05, 4.69) is 52.4 Å². The van der Waals surface area contributed by atoms with Crippen molar-refractivity contribution in [3.8, 4) is 0 Å². The van der Waals surface area contributed by atoms with Crippen molar-refractivity contribution in [1.29, 1.82) is 0 Å². The van der Waals surface area contributed by atoms with E-state index < -0.39 is 6.10 Å². The predicted octanol–water partition coefficient (Wildman–Crippen LogP) is 4.15. The molecule has 0 aliphatic carbocycles. The molecular formula is C22H28ClN3OS. The summed E-state index contributed by atoms with van der Waals surface area (Å²) in [7, 11) is 0. The van der Waals surface area contributed by atoms with Crippen LogP contribution in [-0.2, 0) is 6.54 Å². The van der Waals surface area contributed by atoms with Crippen molar-refractivity contribution in [2.24, 2.45) is 0 Å². The average molecular weight is 418 g/mol. The molecule has 0 saturated carbocycles. The largest absolute Gasteiger partial charge is 0.399 e. The average Bonchev–Trinajstić information content (AvgIpc) is 3.13. The number of nitrogen functional groups attached to an aromatic ring is 1. The standard InChI is InChI=1S/C22H27N3OS.ClH/c1-16(22(26)20-15-27-21-5-3-2-4-19(20)21)25-12-10-24(11-13-25)14-17-6-8-18(23)9-7-17;/h2-9,15-16,22,26H,10-14,23H2,1H3;1H. The van der Waals surface area contributed by atoms with Crippen LogP contribution in [0.1, 0.15) is 24.2 Å². The molecule has 1 saturated heterocycles. The van der Waals surface area contributed by atoms with Crippen LogP contribution in [0.5, 0.6) is 0 Å². The number of anilines is 1. The number of nitrogens with two attached hydrogens (primary N) is 1. The zero-order chi connectivity index (χ0) is 18.8. The van der Waals surface area contributed by atoms with E-state index in [4.69, 9.17) is 5.73 Å². The fraction of sp³-hybridized carbons (Fsp3) is 0.364. The number of hydrogen-bond acceptors (Lipinski definition) is 5. The molecule has 0 bridgehead atoms. The zero-order valence-electron chi connectivity index (χ0n) is 16.1. The number of rotatable bonds is 5. The van der Waals surface area contributed by atoms with Crippen LogP contribution in [-0.4, -0.2) is 47.1 Å². The first-order valence-corrected chi connectivity index (χ1v) is 10.4. The number of benzene rings is 2. The highest BCUT2D eigenvalue weighted by atomic mass is 35.5. The third-order valence-electron chi connectivity index (χ3n) is 5.66. The first-order valence-electron chi connectivity index (χ1n) is 9.57. The third kappa shape index (κ3) is 4.50. The zero-order valence-corrected chi connectivity index (χ0v) is 17.8. The number of halogens is 1. The van der Waals surface area contributed by atoms with Gasteiger partial charge in [-0.3, -0.25) is 9.80 Å². The Labute approximate surface area is 177 Å². The number of aliphatic hydroxyl groups excluding tert-OH is 1. The van der Waals surface area contributed by atoms with Crippen molar-refractivity contribution in [1.82, 2.24) is 9.80 Å². The van der Waals surface area contributed by atoms with Gasteiger partial charge in [-0.25, -0.2) is 0 Å². The minimum atomic E-state index is -0.454. The van der Waals surface area contributed by atoms with Gasteiger partial charge in [0.25, 0.3) is 0 Å². The van der Waals surface area contributed by atoms with Crippen LogP contribution in [0.2, 0.25) is 0 Å². The minimum Gasteiger partial charge on any atom is -0.399 e. The molecule has 1 aliphatic rings. The second kappa shape index (κ2) is 9.25. The Balaban J connectivity index is 0.00000225. The van der Waals surface area contributed by atoms with Gasteiger partial charge in [0, 0.05) is 54.7 Å². The minimum absolute atomic E-state index is 0. The Kier molecular flexibility index (Phi) is 6.96. The molecule has 2 atom stereocenters. The van der Waals surface area contributed by atoms with Gasteiger partial charge in [-0.15, -0.1) is 23.7 Å². The number of piperazine rings is 1. The Morgan fingerprint density at radius 1 is 1.04 bits per heavy atom. The topological polar surface area (TPSA) is 52.7 Å². The summed E-state index contributed by atoms with van der Waals surface area (Å²) in [6.07, 6.45) is -0.454. The molecule has 1 fully saturated rings. The molecule has 4 rings (SSSR count). The van der Waals surface area contributed by atoms with E-state index in [1.54, 1.807) is 11.3 Å². The van der Waals surface area contributed by atoms with E-state index in [0.717, 1.165) is 44.0 Å². The SMILES string of the molecule is CC(C(O)c1csc2ccccc12)N1CCN(Cc2ccc(N)cc2)CC1.Cl. The van der Waals surface area contributed by atoms with Crippen LogP contribution in [0.15, 0.2) is 53.9 Å². The number of nitrogens with zero attached hydrogens (tertiary/aromatic N) is 2. The second-order valence-corrected chi connectivity index (χ2v) is 8.34. The van der Waals surface area contributed by atoms with E-state index in [1.807, 2.05) is 18.2 Å². The molecule has 28 heavy (non-hydrogen) atoms. The summed E-state index contributed by atoms with van der Waals surface area (Å²) >= 11 is 1.71. The van der Waals surface area contributed by atoms with Gasteiger partial charge in [-0.1, -0.05) is 30.3 Å². The summed E-state index contributed by atoms with van der Waals surface area (Å²) in [6, 6.07) is 16.6. The number of thiophene rings is 1. The van der Waals surface area contributed by atoms with Crippen LogP contribution in [0.4, 0.5) is 5.69 Å². The molecule has 0 spiro atoms. The van der Waals surface area contributed by atoms with Gasteiger partial charge < -0.3 is 10.8 Å². The van der Waals surface area contributed by atoms with Crippen molar-refractivity contribution in [3.05, 3.63) is 65.0 Å². The highest BCUT2D eigenvalue weighted by Gasteiger charge is 2.28. The summed E-state index contributed by atoms with van der Waals surface area (Å²) in [5, 5.41) is 14.3. The molecule has 0 radical (unpaired) electrons. The molecule has 0 amide bonds. The van der Waals surface area contributed by atoms with Gasteiger partial charge in [0.2, 0.25) is 0 Å². The predicted molar refractivity (Wildman–Crippen MR) is 121 cm³/mol. The smallest absolute Gasteiger partial charge is 0.0956 e. The van der Waals surface area contributed by atoms with Crippen molar-refractivity contribution >= 4 is 39.5 Å². The van der Waals surface area contributed by atoms with Crippen molar-refractivity contribution < 1.29 is 5.11 Å². The van der Waals surface area contributed by atoms with Gasteiger partial charge in [0.15, 0.2) is 0 Å². The number of aliphatic hydroxyl groups is 1. The lowest BCUT2D eigenvalue weighted by Crippen LogP contribution is -2.50. The van der Waals surface area contributed by atoms with E-state index in [-0.39, 0.29) is 18.4 Å². The van der Waals surface area contributed by atoms with E-state index in [9.17, 15) is 5.11 Å². The van der Waals surface area contributed by atoms with Crippen molar-refractivity contribution in [2.75, 3.05) is 31.9 Å². The summed E-state index contributed by atoms with van der Waals surface area (Å²) in [5.74, 6) is 0. The Bertz CT molecular complexity index is 890. The molecule has 3 N–H and O–H groups in total. The first kappa shape index (κ1) is 21.1. The quantitative estimate of drug-likeness (QED) is 0.612. The van der Waals surface area contributed by atoms with Crippen LogP contribution in [0, 0.1) is 0 Å². The molecule has 2 unspecified atom stereocenters. The lowest BCUT2D eigenvalue weighted by atomic mass is 10.0. The summed E-state index contributed by atoms with van der Waals surface area (Å²) in [6.45, 7) is 7.11. The van der Waals surface area contributed by atoms with Crippen molar-refractivity contribution in [3.63, 3.8) is 0 Å². The summed E-state index contributed by atoms with van der Waals surface area (Å²) in [4.78, 5) is 4.89. The fourth-order valence-electron chi connectivity index (χ4n) is 3.90. The van der Waals surface area contributed by atoms with Crippen LogP contribution in [0.3, 0.4) is 0 Å². The molecule has 1 aromatic heterocycles. The molecular weight excluding hydrogens is 390 g/mol. The monoisotopic (exact) mass is 417 g/mol. The number of fused-ring (bicyclic) bond motifs is 1. The van der Waals surface area contributed by atoms with Gasteiger partial charge in [-0.05, 0) is 41.5 Å². The first-order chi connectivity index (χ1) is 13.1. The Morgan fingerprint density at radius 2 is 1.71 bits per heavy atom. The molecule has 4 nitrogen and oxygen atoms in total. The third-order valence-corrected chi connectivity index (χ3v) is 6.64. The van der Waals surface area contributed by atoms with Gasteiger partial charge >= 0.3 is 0 Å². The summed E-state index contributed by atoms with van der Waals surface area (Å²) < 4.78 is 1.24. The van der Waals surface area contributed by atoms with Gasteiger partial charge in [0.05, 0.1) is 6.10 Å². The van der Waals surface area contributed by atoms with Crippen molar-refractivity contribution in [2.45, 2.75) is 25.6 Å². The molecule has 3 aromatic rings. The molecule has 150 valence electrons. The maximum atomic E-state index is 11.0. The highest BCUT2D eigenvalue weighted by Crippen LogP contribution is 2.33. The van der Waals surface area contributed by atoms with Crippen LogP contribution < -0.4 is 5.73 Å². The molecule has 6 heteroatoms. The fourth-order valence-corrected chi connectivity index (χ4v) is 4.89. The summed E-state index contributed by atoms with van der Waals surface area (Å²) in [5.41, 5.74) is 8.95. The normalized spacial score (nSPS) is 17.9. The van der Waals surface area contributed by atoms with Crippen LogP contribution in [0.25, 0.3) is 10.1 Å². The molecule has 2 aromatic carbocycles. The van der Waals surface area contributed by atoms with E-state index >= 15 is 0 Å². The lowest BCUT2D eigenvalue weighted by molar-refractivity contribution is 0.0253. The highest BCUT2D eigenvalue weighted by molar-refractivity contribution is 7.17. The Hall–Kier alpha value is -1.63. The lowest BCUT2D eigenvalue weighted by Gasteiger charge is -2.39. The van der Waals surface area contributed by atoms with E-state index in [1.165, 1.54) is 15.6 Å². The van der Waals surface area contributed by atoms with Gasteiger partial charge in [-0.2, -0.15) is 0 Å². The van der Waals surface area contributed by atoms with Crippen LogP contribution >= 0.6 is 23.7 Å². The Morgan fingerprint density at radius 3 is 2.43 bits per heavy atom. The molecule has 1 aliphatic heterocycles. The maximum absolute atomic E-state index is 11.0. The van der Waals surface area contributed by atoms with Gasteiger partial charge in [0.1, 0.15) is 0 Å². The maximum Gasteiger partial charge on any atom is 0.0956 e. The second-order valence-electron chi connectivity index (χ2n) is 7.43. The molecule has 2 heterocycles. The van der Waals surface area contributed by atoms with E-state index in [0.29, 0.717) is 0 Å².